The molecule has 8 N–H and O–H groups in total. The molecule has 0 saturated carbocycles. The van der Waals surface area contributed by atoms with Crippen molar-refractivity contribution >= 4 is 17.8 Å². The van der Waals surface area contributed by atoms with Crippen LogP contribution in [0.5, 0.6) is 0 Å². The first-order valence-electron chi connectivity index (χ1n) is 7.18. The molecule has 0 fully saturated rings. The molecule has 0 aromatic carbocycles. The predicted octanol–water partition coefficient (Wildman–Crippen LogP) is -2.10. The van der Waals surface area contributed by atoms with Crippen LogP contribution in [0.25, 0.3) is 0 Å². The number of carbonyl (C=O) groups excluding carboxylic acids is 2. The fourth-order valence-electron chi connectivity index (χ4n) is 1.71. The summed E-state index contributed by atoms with van der Waals surface area (Å²) in [5, 5.41) is 23.0. The maximum Gasteiger partial charge on any atom is 0.328 e. The number of rotatable bonds is 10. The Bertz CT molecular complexity index is 387. The molecule has 0 aliphatic heterocycles. The van der Waals surface area contributed by atoms with Crippen LogP contribution >= 0.6 is 0 Å². The van der Waals surface area contributed by atoms with Crippen molar-refractivity contribution in [3.8, 4) is 0 Å². The Balaban J connectivity index is 4.85. The Kier molecular flexibility index (Phi) is 9.31. The summed E-state index contributed by atoms with van der Waals surface area (Å²) < 4.78 is 0. The fourth-order valence-corrected chi connectivity index (χ4v) is 1.71. The highest BCUT2D eigenvalue weighted by Gasteiger charge is 2.29. The molecule has 9 nitrogen and oxygen atoms in total. The van der Waals surface area contributed by atoms with Crippen molar-refractivity contribution in [3.05, 3.63) is 0 Å². The number of hydrogen-bond donors (Lipinski definition) is 6. The highest BCUT2D eigenvalue weighted by atomic mass is 16.4. The second-order valence-corrected chi connectivity index (χ2v) is 5.20. The molecule has 0 aromatic rings. The number of aliphatic carboxylic acids is 1. The Morgan fingerprint density at radius 1 is 1.09 bits per heavy atom. The third-order valence-corrected chi connectivity index (χ3v) is 3.04. The number of nitrogens with two attached hydrogens (primary N) is 2. The molecule has 128 valence electrons. The monoisotopic (exact) mass is 318 g/mol. The second-order valence-electron chi connectivity index (χ2n) is 5.20. The molecule has 0 unspecified atom stereocenters. The average molecular weight is 318 g/mol. The first kappa shape index (κ1) is 20.3. The molecule has 0 aliphatic carbocycles. The van der Waals surface area contributed by atoms with E-state index in [1.807, 2.05) is 0 Å². The van der Waals surface area contributed by atoms with Crippen molar-refractivity contribution in [1.82, 2.24) is 10.6 Å². The molecule has 9 heteroatoms. The normalized spacial score (nSPS) is 16.2. The lowest BCUT2D eigenvalue weighted by Crippen LogP contribution is -2.56. The van der Waals surface area contributed by atoms with Gasteiger partial charge in [-0.3, -0.25) is 9.59 Å². The maximum absolute atomic E-state index is 12.1. The minimum atomic E-state index is -1.45. The zero-order chi connectivity index (χ0) is 17.3. The molecule has 0 radical (unpaired) electrons. The van der Waals surface area contributed by atoms with Crippen molar-refractivity contribution < 1.29 is 24.6 Å². The molecular weight excluding hydrogens is 292 g/mol. The van der Waals surface area contributed by atoms with Gasteiger partial charge in [0.25, 0.3) is 0 Å². The van der Waals surface area contributed by atoms with Gasteiger partial charge in [0, 0.05) is 0 Å². The lowest BCUT2D eigenvalue weighted by molar-refractivity contribution is -0.145. The van der Waals surface area contributed by atoms with Gasteiger partial charge < -0.3 is 32.3 Å². The summed E-state index contributed by atoms with van der Waals surface area (Å²) in [6.45, 7) is 3.17. The van der Waals surface area contributed by atoms with Crippen molar-refractivity contribution in [2.75, 3.05) is 6.54 Å². The van der Waals surface area contributed by atoms with E-state index in [9.17, 15) is 19.5 Å². The molecule has 0 bridgehead atoms. The van der Waals surface area contributed by atoms with Crippen LogP contribution in [0, 0.1) is 0 Å². The van der Waals surface area contributed by atoms with Crippen molar-refractivity contribution in [2.45, 2.75) is 57.3 Å². The van der Waals surface area contributed by atoms with E-state index in [2.05, 4.69) is 10.6 Å². The molecule has 0 rings (SSSR count). The maximum atomic E-state index is 12.1. The Hall–Kier alpha value is -1.71. The van der Waals surface area contributed by atoms with Crippen molar-refractivity contribution in [3.63, 3.8) is 0 Å². The summed E-state index contributed by atoms with van der Waals surface area (Å²) in [6, 6.07) is -3.17. The van der Waals surface area contributed by atoms with Gasteiger partial charge in [-0.15, -0.1) is 0 Å². The van der Waals surface area contributed by atoms with Gasteiger partial charge in [0.2, 0.25) is 11.8 Å². The molecule has 22 heavy (non-hydrogen) atoms. The van der Waals surface area contributed by atoms with Crippen molar-refractivity contribution in [1.29, 1.82) is 0 Å². The van der Waals surface area contributed by atoms with E-state index in [1.54, 1.807) is 0 Å². The number of carboxylic acids is 1. The molecule has 0 aliphatic rings. The number of nitrogens with one attached hydrogen (secondary N) is 2. The van der Waals surface area contributed by atoms with Gasteiger partial charge in [-0.25, -0.2) is 4.79 Å². The Morgan fingerprint density at radius 2 is 1.68 bits per heavy atom. The van der Waals surface area contributed by atoms with Gasteiger partial charge in [0.05, 0.1) is 12.1 Å². The van der Waals surface area contributed by atoms with E-state index in [-0.39, 0.29) is 0 Å². The van der Waals surface area contributed by atoms with Crippen LogP contribution < -0.4 is 22.1 Å². The molecule has 4 atom stereocenters. The number of carbonyl (C=O) groups is 3. The van der Waals surface area contributed by atoms with Gasteiger partial charge in [-0.2, -0.15) is 0 Å². The number of carboxylic acid groups (broad SMARTS) is 1. The molecule has 0 saturated heterocycles. The zero-order valence-electron chi connectivity index (χ0n) is 12.9. The van der Waals surface area contributed by atoms with Crippen LogP contribution in [-0.2, 0) is 14.4 Å². The van der Waals surface area contributed by atoms with Crippen LogP contribution in [0.4, 0.5) is 0 Å². The highest BCUT2D eigenvalue weighted by molar-refractivity contribution is 5.91. The summed E-state index contributed by atoms with van der Waals surface area (Å²) in [5.41, 5.74) is 10.8. The van der Waals surface area contributed by atoms with Gasteiger partial charge in [0.1, 0.15) is 6.04 Å². The fraction of sp³-hybridized carbons (Fsp3) is 0.769. The van der Waals surface area contributed by atoms with Crippen LogP contribution in [0.15, 0.2) is 0 Å². The van der Waals surface area contributed by atoms with Gasteiger partial charge in [0.15, 0.2) is 6.04 Å². The number of aliphatic hydroxyl groups excluding tert-OH is 1. The first-order valence-corrected chi connectivity index (χ1v) is 7.18. The van der Waals surface area contributed by atoms with Crippen LogP contribution in [0.3, 0.4) is 0 Å². The van der Waals surface area contributed by atoms with Gasteiger partial charge in [-0.05, 0) is 39.7 Å². The quantitative estimate of drug-likeness (QED) is 0.251. The SMILES string of the molecule is C[C@H](N)C(=O)N[C@@H](CCCCN)C(=O)N[C@H](C(=O)O)[C@@H](C)O. The second kappa shape index (κ2) is 10.1. The third kappa shape index (κ3) is 7.34. The summed E-state index contributed by atoms with van der Waals surface area (Å²) in [6.07, 6.45) is 0.278. The largest absolute Gasteiger partial charge is 0.480 e. The van der Waals surface area contributed by atoms with Gasteiger partial charge in [-0.1, -0.05) is 0 Å². The summed E-state index contributed by atoms with van der Waals surface area (Å²) in [5.74, 6) is -2.56. The minimum Gasteiger partial charge on any atom is -0.480 e. The van der Waals surface area contributed by atoms with Crippen molar-refractivity contribution in [2.24, 2.45) is 11.5 Å². The van der Waals surface area contributed by atoms with E-state index in [4.69, 9.17) is 16.6 Å². The summed E-state index contributed by atoms with van der Waals surface area (Å²) >= 11 is 0. The standard InChI is InChI=1S/C13H26N4O5/c1-7(15)11(19)16-9(5-3-4-6-14)12(20)17-10(8(2)18)13(21)22/h7-10,18H,3-6,14-15H2,1-2H3,(H,16,19)(H,17,20)(H,21,22)/t7-,8+,9-,10-/m0/s1. The summed E-state index contributed by atoms with van der Waals surface area (Å²) in [7, 11) is 0. The van der Waals surface area contributed by atoms with Crippen LogP contribution in [-0.4, -0.2) is 58.8 Å². The third-order valence-electron chi connectivity index (χ3n) is 3.04. The Morgan fingerprint density at radius 3 is 2.09 bits per heavy atom. The lowest BCUT2D eigenvalue weighted by Gasteiger charge is -2.23. The number of aliphatic hydroxyl groups is 1. The molecular formula is C13H26N4O5. The van der Waals surface area contributed by atoms with E-state index in [1.165, 1.54) is 13.8 Å². The zero-order valence-corrected chi connectivity index (χ0v) is 12.9. The van der Waals surface area contributed by atoms with E-state index >= 15 is 0 Å². The van der Waals surface area contributed by atoms with E-state index in [0.717, 1.165) is 0 Å². The number of hydrogen-bond acceptors (Lipinski definition) is 6. The minimum absolute atomic E-state index is 0.299. The number of unbranched alkanes of at least 4 members (excludes halogenated alkanes) is 1. The molecule has 0 spiro atoms. The average Bonchev–Trinajstić information content (AvgIpc) is 2.42. The first-order chi connectivity index (χ1) is 10.2. The molecule has 2 amide bonds. The topological polar surface area (TPSA) is 168 Å². The lowest BCUT2D eigenvalue weighted by atomic mass is 10.1. The van der Waals surface area contributed by atoms with Crippen LogP contribution in [0.1, 0.15) is 33.1 Å². The molecule has 0 aromatic heterocycles. The Labute approximate surface area is 129 Å². The van der Waals surface area contributed by atoms with E-state index in [0.29, 0.717) is 25.8 Å². The summed E-state index contributed by atoms with van der Waals surface area (Å²) in [4.78, 5) is 34.8. The predicted molar refractivity (Wildman–Crippen MR) is 79.7 cm³/mol. The highest BCUT2D eigenvalue weighted by Crippen LogP contribution is 2.03. The van der Waals surface area contributed by atoms with Crippen LogP contribution in [0.2, 0.25) is 0 Å². The van der Waals surface area contributed by atoms with Gasteiger partial charge >= 0.3 is 5.97 Å². The van der Waals surface area contributed by atoms with E-state index < -0.39 is 42.0 Å². The molecule has 0 heterocycles. The number of amides is 2. The smallest absolute Gasteiger partial charge is 0.328 e.